The van der Waals surface area contributed by atoms with Gasteiger partial charge < -0.3 is 0 Å². The minimum absolute atomic E-state index is 0.103. The largest absolute Gasteiger partial charge is 0.289 e. The van der Waals surface area contributed by atoms with Gasteiger partial charge >= 0.3 is 0 Å². The molecule has 1 aliphatic carbocycles. The van der Waals surface area contributed by atoms with Gasteiger partial charge in [0.05, 0.1) is 0 Å². The molecule has 0 radical (unpaired) electrons. The van der Waals surface area contributed by atoms with Gasteiger partial charge in [-0.2, -0.15) is 0 Å². The van der Waals surface area contributed by atoms with E-state index in [2.05, 4.69) is 6.58 Å². The van der Waals surface area contributed by atoms with Gasteiger partial charge in [-0.05, 0) is 29.2 Å². The molecule has 0 aromatic heterocycles. The van der Waals surface area contributed by atoms with Crippen LogP contribution >= 0.6 is 0 Å². The summed E-state index contributed by atoms with van der Waals surface area (Å²) in [6, 6.07) is 13.5. The molecule has 0 fully saturated rings. The van der Waals surface area contributed by atoms with E-state index in [-0.39, 0.29) is 5.78 Å². The Bertz CT molecular complexity index is 651. The van der Waals surface area contributed by atoms with E-state index in [1.54, 1.807) is 0 Å². The fourth-order valence-electron chi connectivity index (χ4n) is 2.48. The Morgan fingerprint density at radius 1 is 0.696 bits per heavy atom. The van der Waals surface area contributed by atoms with Gasteiger partial charge in [-0.25, -0.2) is 0 Å². The highest BCUT2D eigenvalue weighted by Gasteiger charge is 2.26. The Labute approximate surface area is 142 Å². The van der Waals surface area contributed by atoms with E-state index in [4.69, 9.17) is 0 Å². The van der Waals surface area contributed by atoms with Crippen molar-refractivity contribution in [2.75, 3.05) is 0 Å². The van der Waals surface area contributed by atoms with Gasteiger partial charge in [0.2, 0.25) is 0 Å². The quantitative estimate of drug-likeness (QED) is 0.452. The van der Waals surface area contributed by atoms with E-state index in [0.29, 0.717) is 0 Å². The van der Waals surface area contributed by atoms with Gasteiger partial charge in [0.25, 0.3) is 0 Å². The minimum Gasteiger partial charge on any atom is -0.289 e. The average Bonchev–Trinajstić information content (AvgIpc) is 2.64. The van der Waals surface area contributed by atoms with Crippen LogP contribution in [0.3, 0.4) is 0 Å². The lowest BCUT2D eigenvalue weighted by molar-refractivity contribution is 0.103. The SMILES string of the molecule is C=C1c2ccccc2C(=O)c2cccc(C)c21.CC.CC.CC. The molecule has 23 heavy (non-hydrogen) atoms. The van der Waals surface area contributed by atoms with Crippen LogP contribution in [0.4, 0.5) is 0 Å². The van der Waals surface area contributed by atoms with E-state index in [9.17, 15) is 4.79 Å². The summed E-state index contributed by atoms with van der Waals surface area (Å²) in [5.74, 6) is 0.103. The third-order valence-corrected chi connectivity index (χ3v) is 3.32. The Kier molecular flexibility index (Phi) is 9.57. The average molecular weight is 310 g/mol. The number of ketones is 1. The molecule has 0 saturated carbocycles. The van der Waals surface area contributed by atoms with Crippen molar-refractivity contribution < 1.29 is 4.79 Å². The second kappa shape index (κ2) is 10.6. The second-order valence-electron chi connectivity index (χ2n) is 4.35. The number of carbonyl (C=O) groups excluding carboxylic acids is 1. The zero-order valence-corrected chi connectivity index (χ0v) is 15.7. The van der Waals surface area contributed by atoms with Crippen molar-refractivity contribution in [1.29, 1.82) is 0 Å². The minimum atomic E-state index is 0.103. The lowest BCUT2D eigenvalue weighted by atomic mass is 9.80. The van der Waals surface area contributed by atoms with E-state index < -0.39 is 0 Å². The molecular weight excluding hydrogens is 280 g/mol. The van der Waals surface area contributed by atoms with Gasteiger partial charge in [0.1, 0.15) is 0 Å². The van der Waals surface area contributed by atoms with Crippen LogP contribution in [0.25, 0.3) is 5.57 Å². The Balaban J connectivity index is 0.000000728. The van der Waals surface area contributed by atoms with Crippen molar-refractivity contribution in [2.24, 2.45) is 0 Å². The van der Waals surface area contributed by atoms with Crippen LogP contribution in [-0.2, 0) is 0 Å². The number of hydrogen-bond donors (Lipinski definition) is 0. The predicted octanol–water partition coefficient (Wildman–Crippen LogP) is 6.68. The zero-order chi connectivity index (χ0) is 18.0. The maximum atomic E-state index is 12.4. The maximum absolute atomic E-state index is 12.4. The van der Waals surface area contributed by atoms with Crippen LogP contribution in [0.5, 0.6) is 0 Å². The summed E-state index contributed by atoms with van der Waals surface area (Å²) in [4.78, 5) is 12.4. The molecule has 3 rings (SSSR count). The fourth-order valence-corrected chi connectivity index (χ4v) is 2.48. The Hall–Kier alpha value is -2.15. The van der Waals surface area contributed by atoms with Crippen molar-refractivity contribution in [2.45, 2.75) is 48.5 Å². The van der Waals surface area contributed by atoms with Crippen molar-refractivity contribution in [3.63, 3.8) is 0 Å². The lowest BCUT2D eigenvalue weighted by Crippen LogP contribution is -2.14. The summed E-state index contributed by atoms with van der Waals surface area (Å²) in [6.45, 7) is 18.2. The molecule has 1 heteroatoms. The topological polar surface area (TPSA) is 17.1 Å². The number of benzene rings is 2. The molecule has 2 aromatic rings. The smallest absolute Gasteiger partial charge is 0.194 e. The number of aryl methyl sites for hydroxylation is 1. The molecule has 0 saturated heterocycles. The highest BCUT2D eigenvalue weighted by Crippen LogP contribution is 2.36. The van der Waals surface area contributed by atoms with Gasteiger partial charge in [-0.1, -0.05) is 90.6 Å². The second-order valence-corrected chi connectivity index (χ2v) is 4.35. The van der Waals surface area contributed by atoms with Crippen molar-refractivity contribution in [1.82, 2.24) is 0 Å². The summed E-state index contributed by atoms with van der Waals surface area (Å²) in [6.07, 6.45) is 0. The monoisotopic (exact) mass is 310 g/mol. The maximum Gasteiger partial charge on any atom is 0.194 e. The van der Waals surface area contributed by atoms with Gasteiger partial charge in [-0.3, -0.25) is 4.79 Å². The van der Waals surface area contributed by atoms with Crippen LogP contribution in [-0.4, -0.2) is 5.78 Å². The molecule has 0 atom stereocenters. The summed E-state index contributed by atoms with van der Waals surface area (Å²) in [5, 5.41) is 0. The molecule has 1 aliphatic rings. The number of fused-ring (bicyclic) bond motifs is 2. The number of rotatable bonds is 0. The fraction of sp³-hybridized carbons (Fsp3) is 0.318. The standard InChI is InChI=1S/C16H12O.3C2H6/c1-10-6-5-9-14-15(10)11(2)12-7-3-4-8-13(12)16(14)17;3*1-2/h3-9H,2H2,1H3;3*1-2H3. The first kappa shape index (κ1) is 20.9. The van der Waals surface area contributed by atoms with Crippen LogP contribution in [0.2, 0.25) is 0 Å². The third-order valence-electron chi connectivity index (χ3n) is 3.32. The number of hydrogen-bond acceptors (Lipinski definition) is 1. The van der Waals surface area contributed by atoms with Crippen LogP contribution in [0.1, 0.15) is 74.2 Å². The zero-order valence-electron chi connectivity index (χ0n) is 15.7. The van der Waals surface area contributed by atoms with E-state index in [1.807, 2.05) is 90.9 Å². The predicted molar refractivity (Wildman–Crippen MR) is 103 cm³/mol. The van der Waals surface area contributed by atoms with Crippen molar-refractivity contribution >= 4 is 11.4 Å². The van der Waals surface area contributed by atoms with Crippen LogP contribution in [0, 0.1) is 6.92 Å². The molecule has 124 valence electrons. The molecular formula is C22H30O. The summed E-state index contributed by atoms with van der Waals surface area (Å²) in [5.41, 5.74) is 5.54. The van der Waals surface area contributed by atoms with Crippen LogP contribution in [0.15, 0.2) is 49.0 Å². The molecule has 0 aliphatic heterocycles. The first-order valence-electron chi connectivity index (χ1n) is 8.63. The van der Waals surface area contributed by atoms with Gasteiger partial charge in [0, 0.05) is 11.1 Å². The summed E-state index contributed by atoms with van der Waals surface area (Å²) < 4.78 is 0. The van der Waals surface area contributed by atoms with Gasteiger partial charge in [0.15, 0.2) is 5.78 Å². The normalized spacial score (nSPS) is 10.6. The summed E-state index contributed by atoms with van der Waals surface area (Å²) >= 11 is 0. The molecule has 0 unspecified atom stereocenters. The Morgan fingerprint density at radius 3 is 1.74 bits per heavy atom. The van der Waals surface area contributed by atoms with Gasteiger partial charge in [-0.15, -0.1) is 0 Å². The molecule has 1 nitrogen and oxygen atoms in total. The van der Waals surface area contributed by atoms with E-state index in [0.717, 1.165) is 33.4 Å². The molecule has 0 N–H and O–H groups in total. The first-order valence-corrected chi connectivity index (χ1v) is 8.63. The van der Waals surface area contributed by atoms with E-state index in [1.165, 1.54) is 0 Å². The lowest BCUT2D eigenvalue weighted by Gasteiger charge is -2.22. The Morgan fingerprint density at radius 2 is 1.17 bits per heavy atom. The van der Waals surface area contributed by atoms with Crippen molar-refractivity contribution in [3.8, 4) is 0 Å². The van der Waals surface area contributed by atoms with Crippen molar-refractivity contribution in [3.05, 3.63) is 76.9 Å². The molecule has 0 spiro atoms. The molecule has 0 bridgehead atoms. The van der Waals surface area contributed by atoms with Crippen LogP contribution < -0.4 is 0 Å². The highest BCUT2D eigenvalue weighted by molar-refractivity contribution is 6.18. The highest BCUT2D eigenvalue weighted by atomic mass is 16.1. The molecule has 0 amide bonds. The summed E-state index contributed by atoms with van der Waals surface area (Å²) in [7, 11) is 0. The molecule has 0 heterocycles. The first-order chi connectivity index (χ1) is 11.2. The third kappa shape index (κ3) is 4.19. The number of carbonyl (C=O) groups is 1. The van der Waals surface area contributed by atoms with E-state index >= 15 is 0 Å². The molecule has 2 aromatic carbocycles.